The van der Waals surface area contributed by atoms with E-state index in [1.807, 2.05) is 11.8 Å². The van der Waals surface area contributed by atoms with Gasteiger partial charge in [-0.1, -0.05) is 12.1 Å². The Labute approximate surface area is 155 Å². The van der Waals surface area contributed by atoms with Crippen molar-refractivity contribution >= 4 is 17.5 Å². The van der Waals surface area contributed by atoms with E-state index in [0.717, 1.165) is 6.07 Å². The topological polar surface area (TPSA) is 61.4 Å². The van der Waals surface area contributed by atoms with E-state index in [9.17, 15) is 18.4 Å². The van der Waals surface area contributed by atoms with Crippen LogP contribution in [0.15, 0.2) is 42.5 Å². The number of anilines is 1. The van der Waals surface area contributed by atoms with Gasteiger partial charge in [0, 0.05) is 25.7 Å². The maximum atomic E-state index is 13.5. The normalized spacial score (nSPS) is 25.1. The number of fused-ring (bicyclic) bond motifs is 2. The van der Waals surface area contributed by atoms with E-state index in [2.05, 4.69) is 10.6 Å². The molecule has 1 fully saturated rings. The van der Waals surface area contributed by atoms with Gasteiger partial charge in [0.1, 0.15) is 11.6 Å². The highest BCUT2D eigenvalue weighted by atomic mass is 19.1. The number of para-hydroxylation sites is 1. The van der Waals surface area contributed by atoms with Gasteiger partial charge in [-0.3, -0.25) is 14.5 Å². The third-order valence-corrected chi connectivity index (χ3v) is 5.24. The van der Waals surface area contributed by atoms with Crippen LogP contribution in [0, 0.1) is 17.6 Å². The third kappa shape index (κ3) is 3.30. The largest absolute Gasteiger partial charge is 0.345 e. The van der Waals surface area contributed by atoms with Gasteiger partial charge in [0.2, 0.25) is 5.91 Å². The number of benzene rings is 2. The summed E-state index contributed by atoms with van der Waals surface area (Å²) in [5.41, 5.74) is 0.602. The van der Waals surface area contributed by atoms with Crippen LogP contribution in [0.4, 0.5) is 14.5 Å². The lowest BCUT2D eigenvalue weighted by Crippen LogP contribution is -2.56. The second-order valence-corrected chi connectivity index (χ2v) is 7.41. The molecular formula is C20H19F2N3O2. The number of hydrogen-bond acceptors (Lipinski definition) is 3. The maximum Gasteiger partial charge on any atom is 0.253 e. The second-order valence-electron chi connectivity index (χ2n) is 7.41. The number of amides is 2. The van der Waals surface area contributed by atoms with Crippen LogP contribution in [0.3, 0.4) is 0 Å². The van der Waals surface area contributed by atoms with Crippen molar-refractivity contribution in [3.63, 3.8) is 0 Å². The molecule has 2 aliphatic rings. The van der Waals surface area contributed by atoms with Crippen molar-refractivity contribution in [2.24, 2.45) is 5.92 Å². The van der Waals surface area contributed by atoms with Crippen molar-refractivity contribution in [1.29, 1.82) is 0 Å². The molecule has 140 valence electrons. The summed E-state index contributed by atoms with van der Waals surface area (Å²) in [6, 6.07) is 10.2. The summed E-state index contributed by atoms with van der Waals surface area (Å²) in [7, 11) is 0. The van der Waals surface area contributed by atoms with Gasteiger partial charge in [-0.25, -0.2) is 8.78 Å². The van der Waals surface area contributed by atoms with E-state index < -0.39 is 23.1 Å². The van der Waals surface area contributed by atoms with Gasteiger partial charge < -0.3 is 10.6 Å². The van der Waals surface area contributed by atoms with Crippen LogP contribution in [0.1, 0.15) is 22.8 Å². The standard InChI is InChI=1S/C20H19F2N3O2/c1-20-11-25(9-12-6-13(21)8-14(22)7-12)10-16(20)19(27)23-17-5-3-2-4-15(17)18(26)24-20/h2-8,16H,9-11H2,1H3,(H,23,27)(H,24,26)/t16-,20-/m0/s1. The molecule has 0 aromatic heterocycles. The van der Waals surface area contributed by atoms with Gasteiger partial charge in [-0.05, 0) is 36.8 Å². The molecule has 2 aromatic rings. The first-order valence-electron chi connectivity index (χ1n) is 8.74. The van der Waals surface area contributed by atoms with Crippen LogP contribution < -0.4 is 10.6 Å². The highest BCUT2D eigenvalue weighted by molar-refractivity contribution is 6.06. The predicted octanol–water partition coefficient (Wildman–Crippen LogP) is 2.54. The Kier molecular flexibility index (Phi) is 4.19. The zero-order valence-corrected chi connectivity index (χ0v) is 14.8. The Morgan fingerprint density at radius 3 is 2.59 bits per heavy atom. The summed E-state index contributed by atoms with van der Waals surface area (Å²) in [4.78, 5) is 27.4. The molecule has 2 aromatic carbocycles. The minimum Gasteiger partial charge on any atom is -0.345 e. The maximum absolute atomic E-state index is 13.5. The minimum atomic E-state index is -0.777. The average Bonchev–Trinajstić information content (AvgIpc) is 2.89. The van der Waals surface area contributed by atoms with Crippen molar-refractivity contribution < 1.29 is 18.4 Å². The zero-order valence-electron chi connectivity index (χ0n) is 14.8. The molecule has 0 radical (unpaired) electrons. The smallest absolute Gasteiger partial charge is 0.253 e. The Balaban J connectivity index is 1.60. The molecule has 2 amide bonds. The number of nitrogens with zero attached hydrogens (tertiary/aromatic N) is 1. The molecule has 2 atom stereocenters. The van der Waals surface area contributed by atoms with Crippen molar-refractivity contribution in [3.05, 3.63) is 65.2 Å². The molecule has 0 bridgehead atoms. The van der Waals surface area contributed by atoms with Crippen LogP contribution in [0.5, 0.6) is 0 Å². The molecular weight excluding hydrogens is 352 g/mol. The van der Waals surface area contributed by atoms with Crippen LogP contribution in [0.2, 0.25) is 0 Å². The molecule has 5 nitrogen and oxygen atoms in total. The molecule has 2 N–H and O–H groups in total. The van der Waals surface area contributed by atoms with E-state index in [0.29, 0.717) is 29.9 Å². The first kappa shape index (κ1) is 17.6. The number of rotatable bonds is 2. The van der Waals surface area contributed by atoms with E-state index in [-0.39, 0.29) is 18.4 Å². The first-order valence-corrected chi connectivity index (χ1v) is 8.74. The lowest BCUT2D eigenvalue weighted by atomic mass is 9.86. The van der Waals surface area contributed by atoms with Gasteiger partial charge in [0.05, 0.1) is 22.7 Å². The molecule has 2 aliphatic heterocycles. The highest BCUT2D eigenvalue weighted by Crippen LogP contribution is 2.33. The summed E-state index contributed by atoms with van der Waals surface area (Å²) in [6.07, 6.45) is 0. The van der Waals surface area contributed by atoms with Crippen LogP contribution in [0.25, 0.3) is 0 Å². The van der Waals surface area contributed by atoms with E-state index in [1.54, 1.807) is 24.3 Å². The van der Waals surface area contributed by atoms with E-state index in [4.69, 9.17) is 0 Å². The Bertz CT molecular complexity index is 913. The van der Waals surface area contributed by atoms with E-state index >= 15 is 0 Å². The SMILES string of the molecule is C[C@]12CN(Cc3cc(F)cc(F)c3)C[C@H]1C(=O)Nc1ccccc1C(=O)N2. The fourth-order valence-corrected chi connectivity index (χ4v) is 4.02. The van der Waals surface area contributed by atoms with Gasteiger partial charge in [0.15, 0.2) is 0 Å². The summed E-state index contributed by atoms with van der Waals surface area (Å²) in [5.74, 6) is -2.19. The zero-order chi connectivity index (χ0) is 19.2. The average molecular weight is 371 g/mol. The van der Waals surface area contributed by atoms with Crippen molar-refractivity contribution in [2.45, 2.75) is 19.0 Å². The fourth-order valence-electron chi connectivity index (χ4n) is 4.02. The van der Waals surface area contributed by atoms with Crippen molar-refractivity contribution in [1.82, 2.24) is 10.2 Å². The summed E-state index contributed by atoms with van der Waals surface area (Å²) in [5, 5.41) is 5.84. The second kappa shape index (κ2) is 6.42. The van der Waals surface area contributed by atoms with E-state index in [1.165, 1.54) is 12.1 Å². The Morgan fingerprint density at radius 1 is 1.15 bits per heavy atom. The number of hydrogen-bond donors (Lipinski definition) is 2. The molecule has 0 unspecified atom stereocenters. The Hall–Kier alpha value is -2.80. The van der Waals surface area contributed by atoms with Crippen LogP contribution in [-0.2, 0) is 11.3 Å². The predicted molar refractivity (Wildman–Crippen MR) is 96.1 cm³/mol. The molecule has 0 aliphatic carbocycles. The number of likely N-dealkylation sites (tertiary alicyclic amines) is 1. The van der Waals surface area contributed by atoms with Crippen LogP contribution in [-0.4, -0.2) is 35.3 Å². The van der Waals surface area contributed by atoms with Gasteiger partial charge in [-0.2, -0.15) is 0 Å². The summed E-state index contributed by atoms with van der Waals surface area (Å²) < 4.78 is 26.9. The van der Waals surface area contributed by atoms with Crippen molar-refractivity contribution in [3.8, 4) is 0 Å². The number of carbonyl (C=O) groups is 2. The quantitative estimate of drug-likeness (QED) is 0.853. The molecule has 4 rings (SSSR count). The number of nitrogens with one attached hydrogen (secondary N) is 2. The first-order chi connectivity index (χ1) is 12.8. The summed E-state index contributed by atoms with van der Waals surface area (Å²) in [6.45, 7) is 2.89. The molecule has 0 spiro atoms. The van der Waals surface area contributed by atoms with Gasteiger partial charge in [-0.15, -0.1) is 0 Å². The van der Waals surface area contributed by atoms with Crippen LogP contribution >= 0.6 is 0 Å². The molecule has 0 saturated carbocycles. The van der Waals surface area contributed by atoms with Gasteiger partial charge in [0.25, 0.3) is 5.91 Å². The molecule has 2 heterocycles. The molecule has 1 saturated heterocycles. The lowest BCUT2D eigenvalue weighted by molar-refractivity contribution is -0.121. The molecule has 7 heteroatoms. The number of carbonyl (C=O) groups excluding carboxylic acids is 2. The monoisotopic (exact) mass is 371 g/mol. The molecule has 27 heavy (non-hydrogen) atoms. The minimum absolute atomic E-state index is 0.183. The summed E-state index contributed by atoms with van der Waals surface area (Å²) >= 11 is 0. The van der Waals surface area contributed by atoms with Crippen molar-refractivity contribution in [2.75, 3.05) is 18.4 Å². The number of halogens is 2. The lowest BCUT2D eigenvalue weighted by Gasteiger charge is -2.33. The highest BCUT2D eigenvalue weighted by Gasteiger charge is 2.49. The van der Waals surface area contributed by atoms with Gasteiger partial charge >= 0.3 is 0 Å². The Morgan fingerprint density at radius 2 is 1.85 bits per heavy atom. The third-order valence-electron chi connectivity index (χ3n) is 5.24. The fraction of sp³-hybridized carbons (Fsp3) is 0.300.